The van der Waals surface area contributed by atoms with Crippen LogP contribution in [0.25, 0.3) is 16.6 Å². The van der Waals surface area contributed by atoms with Gasteiger partial charge in [-0.25, -0.2) is 4.98 Å². The minimum absolute atomic E-state index is 0.137. The third-order valence-electron chi connectivity index (χ3n) is 4.29. The van der Waals surface area contributed by atoms with Gasteiger partial charge in [-0.05, 0) is 36.8 Å². The zero-order chi connectivity index (χ0) is 20.4. The average molecular weight is 406 g/mol. The molecule has 0 saturated heterocycles. The van der Waals surface area contributed by atoms with Crippen molar-refractivity contribution in [3.8, 4) is 5.69 Å². The molecule has 0 saturated carbocycles. The first kappa shape index (κ1) is 18.9. The summed E-state index contributed by atoms with van der Waals surface area (Å²) < 4.78 is 1.82. The van der Waals surface area contributed by atoms with E-state index in [-0.39, 0.29) is 11.5 Å². The molecule has 9 heteroatoms. The maximum absolute atomic E-state index is 12.4. The molecule has 0 aliphatic heterocycles. The lowest BCUT2D eigenvalue weighted by Crippen LogP contribution is -2.12. The molecule has 29 heavy (non-hydrogen) atoms. The summed E-state index contributed by atoms with van der Waals surface area (Å²) in [5.41, 5.74) is 3.02. The van der Waals surface area contributed by atoms with E-state index in [2.05, 4.69) is 25.5 Å². The Balaban J connectivity index is 1.59. The third-order valence-corrected chi connectivity index (χ3v) is 5.24. The number of carbonyl (C=O) groups excluding carboxylic acids is 1. The molecule has 4 rings (SSSR count). The van der Waals surface area contributed by atoms with Crippen LogP contribution in [0.4, 0.5) is 5.69 Å². The second-order valence-corrected chi connectivity index (χ2v) is 7.43. The molecule has 0 radical (unpaired) electrons. The van der Waals surface area contributed by atoms with E-state index in [1.807, 2.05) is 47.9 Å². The Kier molecular flexibility index (Phi) is 5.13. The van der Waals surface area contributed by atoms with Crippen LogP contribution in [0.3, 0.4) is 0 Å². The van der Waals surface area contributed by atoms with Gasteiger partial charge in [0.05, 0.1) is 22.3 Å². The van der Waals surface area contributed by atoms with Crippen molar-refractivity contribution < 1.29 is 4.79 Å². The number of H-pyrrole nitrogens is 1. The van der Waals surface area contributed by atoms with Gasteiger partial charge in [0.2, 0.25) is 5.91 Å². The van der Waals surface area contributed by atoms with Crippen molar-refractivity contribution >= 4 is 34.3 Å². The molecule has 8 nitrogen and oxygen atoms in total. The largest absolute Gasteiger partial charge is 0.326 e. The molecule has 2 aromatic carbocycles. The fourth-order valence-electron chi connectivity index (χ4n) is 2.99. The molecule has 0 aliphatic carbocycles. The van der Waals surface area contributed by atoms with Crippen LogP contribution in [0.2, 0.25) is 0 Å². The van der Waals surface area contributed by atoms with Gasteiger partial charge in [-0.2, -0.15) is 0 Å². The van der Waals surface area contributed by atoms with E-state index >= 15 is 0 Å². The van der Waals surface area contributed by atoms with E-state index < -0.39 is 0 Å². The highest BCUT2D eigenvalue weighted by Gasteiger charge is 2.11. The van der Waals surface area contributed by atoms with Crippen molar-refractivity contribution in [1.29, 1.82) is 0 Å². The quantitative estimate of drug-likeness (QED) is 0.494. The third kappa shape index (κ3) is 4.04. The normalized spacial score (nSPS) is 11.0. The maximum Gasteiger partial charge on any atom is 0.258 e. The van der Waals surface area contributed by atoms with Gasteiger partial charge in [0.15, 0.2) is 5.16 Å². The second-order valence-electron chi connectivity index (χ2n) is 6.49. The molecule has 0 atom stereocenters. The van der Waals surface area contributed by atoms with Crippen molar-refractivity contribution in [3.63, 3.8) is 0 Å². The molecule has 4 aromatic rings. The second kappa shape index (κ2) is 7.88. The molecular formula is C20H18N6O2S. The van der Waals surface area contributed by atoms with Crippen LogP contribution in [-0.2, 0) is 10.5 Å². The summed E-state index contributed by atoms with van der Waals surface area (Å²) in [4.78, 5) is 31.1. The van der Waals surface area contributed by atoms with E-state index in [0.717, 1.165) is 11.3 Å². The van der Waals surface area contributed by atoms with Gasteiger partial charge >= 0.3 is 0 Å². The van der Waals surface area contributed by atoms with E-state index in [1.54, 1.807) is 12.4 Å². The predicted octanol–water partition coefficient (Wildman–Crippen LogP) is 3.06. The Bertz CT molecular complexity index is 1260. The van der Waals surface area contributed by atoms with Crippen LogP contribution < -0.4 is 10.9 Å². The highest BCUT2D eigenvalue weighted by atomic mass is 32.2. The number of carbonyl (C=O) groups is 1. The summed E-state index contributed by atoms with van der Waals surface area (Å²) in [6.45, 7) is 3.40. The molecule has 2 heterocycles. The first-order valence-electron chi connectivity index (χ1n) is 8.90. The number of nitrogens with one attached hydrogen (secondary N) is 2. The zero-order valence-electron chi connectivity index (χ0n) is 15.8. The van der Waals surface area contributed by atoms with Gasteiger partial charge in [0.25, 0.3) is 5.56 Å². The molecule has 0 bridgehead atoms. The van der Waals surface area contributed by atoms with Gasteiger partial charge in [0.1, 0.15) is 12.2 Å². The number of rotatable bonds is 5. The molecule has 1 amide bonds. The number of benzene rings is 2. The van der Waals surface area contributed by atoms with Gasteiger partial charge in [-0.1, -0.05) is 30.0 Å². The summed E-state index contributed by atoms with van der Waals surface area (Å²) in [6, 6.07) is 13.0. The summed E-state index contributed by atoms with van der Waals surface area (Å²) in [7, 11) is 0. The number of hydrogen-bond donors (Lipinski definition) is 2. The Hall–Kier alpha value is -3.46. The lowest BCUT2D eigenvalue weighted by atomic mass is 10.1. The molecule has 0 aliphatic rings. The molecule has 146 valence electrons. The van der Waals surface area contributed by atoms with Gasteiger partial charge in [-0.3, -0.25) is 14.2 Å². The summed E-state index contributed by atoms with van der Waals surface area (Å²) in [6.07, 6.45) is 1.61. The van der Waals surface area contributed by atoms with Crippen LogP contribution in [0.15, 0.2) is 58.7 Å². The first-order valence-corrected chi connectivity index (χ1v) is 9.89. The molecule has 0 spiro atoms. The molecule has 2 N–H and O–H groups in total. The Morgan fingerprint density at radius 2 is 2.07 bits per heavy atom. The van der Waals surface area contributed by atoms with Crippen molar-refractivity contribution in [2.24, 2.45) is 0 Å². The number of nitrogens with zero attached hydrogens (tertiary/aromatic N) is 4. The van der Waals surface area contributed by atoms with E-state index in [1.165, 1.54) is 18.7 Å². The fraction of sp³-hybridized carbons (Fsp3) is 0.150. The van der Waals surface area contributed by atoms with Gasteiger partial charge in [0, 0.05) is 12.6 Å². The lowest BCUT2D eigenvalue weighted by molar-refractivity contribution is -0.114. The monoisotopic (exact) mass is 406 g/mol. The van der Waals surface area contributed by atoms with Crippen molar-refractivity contribution in [2.45, 2.75) is 24.8 Å². The smallest absolute Gasteiger partial charge is 0.258 e. The highest BCUT2D eigenvalue weighted by molar-refractivity contribution is 7.98. The number of amides is 1. The number of aryl methyl sites for hydroxylation is 1. The predicted molar refractivity (Wildman–Crippen MR) is 112 cm³/mol. The molecule has 0 unspecified atom stereocenters. The van der Waals surface area contributed by atoms with Gasteiger partial charge in [-0.15, -0.1) is 10.2 Å². The zero-order valence-corrected chi connectivity index (χ0v) is 16.7. The summed E-state index contributed by atoms with van der Waals surface area (Å²) >= 11 is 1.41. The fourth-order valence-corrected chi connectivity index (χ4v) is 3.79. The lowest BCUT2D eigenvalue weighted by Gasteiger charge is -2.09. The summed E-state index contributed by atoms with van der Waals surface area (Å²) in [5, 5.41) is 12.2. The number of thioether (sulfide) groups is 1. The van der Waals surface area contributed by atoms with Crippen LogP contribution in [0, 0.1) is 6.92 Å². The first-order chi connectivity index (χ1) is 14.0. The number of aromatic nitrogens is 5. The van der Waals surface area contributed by atoms with Crippen molar-refractivity contribution in [3.05, 3.63) is 70.5 Å². The van der Waals surface area contributed by atoms with Crippen LogP contribution in [-0.4, -0.2) is 30.6 Å². The number of anilines is 1. The van der Waals surface area contributed by atoms with Crippen molar-refractivity contribution in [2.75, 3.05) is 5.32 Å². The average Bonchev–Trinajstić information content (AvgIpc) is 3.16. The molecular weight excluding hydrogens is 388 g/mol. The van der Waals surface area contributed by atoms with E-state index in [4.69, 9.17) is 0 Å². The van der Waals surface area contributed by atoms with Crippen LogP contribution in [0.5, 0.6) is 0 Å². The summed E-state index contributed by atoms with van der Waals surface area (Å²) in [5.74, 6) is 0.870. The molecule has 0 fully saturated rings. The van der Waals surface area contributed by atoms with Crippen molar-refractivity contribution in [1.82, 2.24) is 24.7 Å². The minimum atomic E-state index is -0.154. The maximum atomic E-state index is 12.4. The molecule has 2 aromatic heterocycles. The standard InChI is InChI=1S/C20H18N6O2S/c1-12-5-3-8-16-18(12)23-17(24-19(16)28)10-29-20-25-21-11-26(20)15-7-4-6-14(9-15)22-13(2)27/h3-9,11H,10H2,1-2H3,(H,22,27)(H,23,24,28). The SMILES string of the molecule is CC(=O)Nc1cccc(-n2cnnc2SCc2nc3c(C)cccc3c(=O)[nH]2)c1. The number of aromatic amines is 1. The number of fused-ring (bicyclic) bond motifs is 1. The highest BCUT2D eigenvalue weighted by Crippen LogP contribution is 2.24. The Morgan fingerprint density at radius 3 is 2.90 bits per heavy atom. The number of para-hydroxylation sites is 1. The Morgan fingerprint density at radius 1 is 1.24 bits per heavy atom. The topological polar surface area (TPSA) is 106 Å². The number of hydrogen-bond acceptors (Lipinski definition) is 6. The van der Waals surface area contributed by atoms with Crippen LogP contribution >= 0.6 is 11.8 Å². The minimum Gasteiger partial charge on any atom is -0.326 e. The van der Waals surface area contributed by atoms with E-state index in [0.29, 0.717) is 33.3 Å². The van der Waals surface area contributed by atoms with E-state index in [9.17, 15) is 9.59 Å². The Labute approximate surface area is 170 Å². The van der Waals surface area contributed by atoms with Crippen LogP contribution in [0.1, 0.15) is 18.3 Å². The van der Waals surface area contributed by atoms with Gasteiger partial charge < -0.3 is 10.3 Å².